The number of aryl methyl sites for hydroxylation is 3. The molecule has 1 N–H and O–H groups in total. The fourth-order valence-electron chi connectivity index (χ4n) is 1.93. The maximum Gasteiger partial charge on any atom is 0.307 e. The topological polar surface area (TPSA) is 54.6 Å². The number of nitrogens with zero attached hydrogens (tertiary/aromatic N) is 1. The highest BCUT2D eigenvalue weighted by molar-refractivity contribution is 6.01. The average Bonchev–Trinajstić information content (AvgIpc) is 2.85. The van der Waals surface area contributed by atoms with Gasteiger partial charge in [0, 0.05) is 5.56 Å². The Kier molecular flexibility index (Phi) is 4.03. The van der Waals surface area contributed by atoms with Crippen LogP contribution >= 0.6 is 0 Å². The average molecular weight is 270 g/mol. The predicted molar refractivity (Wildman–Crippen MR) is 79.0 cm³/mol. The third kappa shape index (κ3) is 3.15. The molecule has 0 aliphatic heterocycles. The molecule has 2 rings (SSSR count). The Morgan fingerprint density at radius 2 is 1.90 bits per heavy atom. The maximum atomic E-state index is 11.8. The summed E-state index contributed by atoms with van der Waals surface area (Å²) in [5.41, 5.74) is 6.59. The van der Waals surface area contributed by atoms with Gasteiger partial charge in [-0.25, -0.2) is 5.43 Å². The van der Waals surface area contributed by atoms with Crippen LogP contribution in [-0.2, 0) is 0 Å². The lowest BCUT2D eigenvalue weighted by molar-refractivity contribution is 0.0926. The Morgan fingerprint density at radius 1 is 1.15 bits per heavy atom. The van der Waals surface area contributed by atoms with Crippen molar-refractivity contribution in [1.82, 2.24) is 5.43 Å². The van der Waals surface area contributed by atoms with Crippen molar-refractivity contribution in [3.63, 3.8) is 0 Å². The summed E-state index contributed by atoms with van der Waals surface area (Å²) in [5, 5.41) is 4.14. The van der Waals surface area contributed by atoms with Crippen molar-refractivity contribution >= 4 is 11.6 Å². The van der Waals surface area contributed by atoms with Crippen LogP contribution in [0.5, 0.6) is 0 Å². The summed E-state index contributed by atoms with van der Waals surface area (Å²) < 4.78 is 5.24. The van der Waals surface area contributed by atoms with E-state index in [0.29, 0.717) is 5.76 Å². The van der Waals surface area contributed by atoms with E-state index < -0.39 is 0 Å². The highest BCUT2D eigenvalue weighted by Gasteiger charge is 2.09. The van der Waals surface area contributed by atoms with E-state index in [2.05, 4.69) is 22.7 Å². The fraction of sp³-hybridized carbons (Fsp3) is 0.250. The summed E-state index contributed by atoms with van der Waals surface area (Å²) in [6.45, 7) is 7.71. The van der Waals surface area contributed by atoms with E-state index in [0.717, 1.165) is 22.4 Å². The zero-order chi connectivity index (χ0) is 14.7. The number of carbonyl (C=O) groups is 1. The summed E-state index contributed by atoms with van der Waals surface area (Å²) in [6, 6.07) is 9.53. The number of benzene rings is 1. The third-order valence-electron chi connectivity index (χ3n) is 3.07. The van der Waals surface area contributed by atoms with Crippen molar-refractivity contribution in [2.24, 2.45) is 5.10 Å². The fourth-order valence-corrected chi connectivity index (χ4v) is 1.93. The van der Waals surface area contributed by atoms with Gasteiger partial charge in [-0.05, 0) is 51.5 Å². The molecule has 1 heterocycles. The van der Waals surface area contributed by atoms with Crippen molar-refractivity contribution < 1.29 is 9.21 Å². The summed E-state index contributed by atoms with van der Waals surface area (Å²) in [7, 11) is 0. The second-order valence-electron chi connectivity index (χ2n) is 4.87. The van der Waals surface area contributed by atoms with Gasteiger partial charge in [-0.1, -0.05) is 17.7 Å². The number of furan rings is 1. The molecule has 0 spiro atoms. The number of nitrogens with one attached hydrogen (secondary N) is 1. The third-order valence-corrected chi connectivity index (χ3v) is 3.07. The molecular weight excluding hydrogens is 252 g/mol. The Labute approximate surface area is 118 Å². The lowest BCUT2D eigenvalue weighted by atomic mass is 10.0. The van der Waals surface area contributed by atoms with Crippen molar-refractivity contribution in [1.29, 1.82) is 0 Å². The van der Waals surface area contributed by atoms with Gasteiger partial charge in [0.1, 0.15) is 5.76 Å². The SMILES string of the molecule is C/C(=N/NC(=O)c1ccc(C)o1)c1cc(C)ccc1C. The van der Waals surface area contributed by atoms with Crippen LogP contribution in [0.3, 0.4) is 0 Å². The van der Waals surface area contributed by atoms with E-state index in [1.165, 1.54) is 0 Å². The first-order chi connectivity index (χ1) is 9.47. The molecule has 0 fully saturated rings. The highest BCUT2D eigenvalue weighted by Crippen LogP contribution is 2.12. The van der Waals surface area contributed by atoms with Crippen molar-refractivity contribution in [2.75, 3.05) is 0 Å². The van der Waals surface area contributed by atoms with E-state index in [9.17, 15) is 4.79 Å². The Morgan fingerprint density at radius 3 is 2.55 bits per heavy atom. The highest BCUT2D eigenvalue weighted by atomic mass is 16.3. The number of carbonyl (C=O) groups excluding carboxylic acids is 1. The number of rotatable bonds is 3. The Hall–Kier alpha value is -2.36. The van der Waals surface area contributed by atoms with Crippen molar-refractivity contribution in [3.05, 3.63) is 58.5 Å². The lowest BCUT2D eigenvalue weighted by Gasteiger charge is -2.06. The van der Waals surface area contributed by atoms with Crippen LogP contribution in [0.4, 0.5) is 0 Å². The molecule has 2 aromatic rings. The molecule has 4 heteroatoms. The standard InChI is InChI=1S/C16H18N2O2/c1-10-5-6-11(2)14(9-10)13(4)17-18-16(19)15-8-7-12(3)20-15/h5-9H,1-4H3,(H,18,19)/b17-13-. The molecule has 0 atom stereocenters. The van der Waals surface area contributed by atoms with Crippen LogP contribution in [0.2, 0.25) is 0 Å². The first-order valence-electron chi connectivity index (χ1n) is 6.46. The van der Waals surface area contributed by atoms with Crippen molar-refractivity contribution in [3.8, 4) is 0 Å². The molecule has 0 saturated carbocycles. The smallest absolute Gasteiger partial charge is 0.307 e. The summed E-state index contributed by atoms with van der Waals surface area (Å²) >= 11 is 0. The van der Waals surface area contributed by atoms with Gasteiger partial charge < -0.3 is 4.42 Å². The molecule has 0 radical (unpaired) electrons. The van der Waals surface area contributed by atoms with Gasteiger partial charge in [-0.15, -0.1) is 0 Å². The summed E-state index contributed by atoms with van der Waals surface area (Å²) in [5.74, 6) is 0.619. The van der Waals surface area contributed by atoms with E-state index in [4.69, 9.17) is 4.42 Å². The molecule has 0 aliphatic rings. The Balaban J connectivity index is 2.15. The molecule has 0 unspecified atom stereocenters. The van der Waals surface area contributed by atoms with Crippen LogP contribution in [-0.4, -0.2) is 11.6 Å². The number of hydrogen-bond donors (Lipinski definition) is 1. The largest absolute Gasteiger partial charge is 0.456 e. The van der Waals surface area contributed by atoms with Crippen LogP contribution in [0.15, 0.2) is 39.9 Å². The molecule has 0 saturated heterocycles. The molecule has 1 amide bonds. The molecule has 20 heavy (non-hydrogen) atoms. The normalized spacial score (nSPS) is 11.5. The van der Waals surface area contributed by atoms with Crippen molar-refractivity contribution in [2.45, 2.75) is 27.7 Å². The second-order valence-corrected chi connectivity index (χ2v) is 4.87. The summed E-state index contributed by atoms with van der Waals surface area (Å²) in [4.78, 5) is 11.8. The first kappa shape index (κ1) is 14.1. The molecule has 1 aromatic carbocycles. The van der Waals surface area contributed by atoms with Crippen LogP contribution < -0.4 is 5.43 Å². The monoisotopic (exact) mass is 270 g/mol. The minimum atomic E-state index is -0.345. The van der Waals surface area contributed by atoms with Gasteiger partial charge in [0.25, 0.3) is 0 Å². The van der Waals surface area contributed by atoms with Crippen LogP contribution in [0.1, 0.15) is 39.9 Å². The quantitative estimate of drug-likeness (QED) is 0.686. The van der Waals surface area contributed by atoms with E-state index >= 15 is 0 Å². The van der Waals surface area contributed by atoms with E-state index in [1.807, 2.05) is 26.8 Å². The van der Waals surface area contributed by atoms with Gasteiger partial charge in [0.05, 0.1) is 5.71 Å². The molecule has 4 nitrogen and oxygen atoms in total. The van der Waals surface area contributed by atoms with Gasteiger partial charge in [-0.2, -0.15) is 5.10 Å². The first-order valence-corrected chi connectivity index (χ1v) is 6.46. The molecule has 0 aliphatic carbocycles. The second kappa shape index (κ2) is 5.74. The van der Waals surface area contributed by atoms with Gasteiger partial charge in [-0.3, -0.25) is 4.79 Å². The zero-order valence-corrected chi connectivity index (χ0v) is 12.2. The molecule has 0 bridgehead atoms. The summed E-state index contributed by atoms with van der Waals surface area (Å²) in [6.07, 6.45) is 0. The molecule has 1 aromatic heterocycles. The molecule has 104 valence electrons. The number of hydrogen-bond acceptors (Lipinski definition) is 3. The minimum absolute atomic E-state index is 0.264. The molecular formula is C16H18N2O2. The predicted octanol–water partition coefficient (Wildman–Crippen LogP) is 3.36. The number of amides is 1. The van der Waals surface area contributed by atoms with Gasteiger partial charge in [0.2, 0.25) is 0 Å². The van der Waals surface area contributed by atoms with E-state index in [-0.39, 0.29) is 11.7 Å². The lowest BCUT2D eigenvalue weighted by Crippen LogP contribution is -2.19. The zero-order valence-electron chi connectivity index (χ0n) is 12.2. The maximum absolute atomic E-state index is 11.8. The number of hydrazone groups is 1. The Bertz CT molecular complexity index is 669. The van der Waals surface area contributed by atoms with E-state index in [1.54, 1.807) is 19.1 Å². The van der Waals surface area contributed by atoms with Gasteiger partial charge >= 0.3 is 5.91 Å². The van der Waals surface area contributed by atoms with Crippen LogP contribution in [0, 0.1) is 20.8 Å². The van der Waals surface area contributed by atoms with Gasteiger partial charge in [0.15, 0.2) is 5.76 Å². The minimum Gasteiger partial charge on any atom is -0.456 e. The van der Waals surface area contributed by atoms with Crippen LogP contribution in [0.25, 0.3) is 0 Å².